The summed E-state index contributed by atoms with van der Waals surface area (Å²) in [5.41, 5.74) is 1.20. The summed E-state index contributed by atoms with van der Waals surface area (Å²) < 4.78 is 61.1. The second-order valence-electron chi connectivity index (χ2n) is 6.92. The van der Waals surface area contributed by atoms with Gasteiger partial charge in [0.1, 0.15) is 5.75 Å². The molecule has 4 aromatic rings. The Balaban J connectivity index is 1.59. The van der Waals surface area contributed by atoms with Gasteiger partial charge in [-0.15, -0.1) is 11.3 Å². The minimum atomic E-state index is -3.88. The van der Waals surface area contributed by atoms with Gasteiger partial charge in [0.25, 0.3) is 20.0 Å². The molecule has 0 fully saturated rings. The van der Waals surface area contributed by atoms with Gasteiger partial charge in [-0.05, 0) is 54.6 Å². The Morgan fingerprint density at radius 3 is 2.06 bits per heavy atom. The van der Waals surface area contributed by atoms with E-state index in [0.29, 0.717) is 27.7 Å². The van der Waals surface area contributed by atoms with Crippen molar-refractivity contribution in [2.45, 2.75) is 9.79 Å². The number of thiazole rings is 1. The molecule has 0 saturated heterocycles. The third-order valence-electron chi connectivity index (χ3n) is 4.67. The summed E-state index contributed by atoms with van der Waals surface area (Å²) in [7, 11) is -6.25. The number of hydrogen-bond acceptors (Lipinski definition) is 7. The SMILES string of the molecule is COc1ccc(S(=O)(=O)Nc2nc(-c3ccccc3NS(=O)(=O)c3ccc(Cl)cc3)cs2)cc1. The van der Waals surface area contributed by atoms with Gasteiger partial charge in [-0.1, -0.05) is 29.8 Å². The highest BCUT2D eigenvalue weighted by Gasteiger charge is 2.20. The van der Waals surface area contributed by atoms with E-state index in [9.17, 15) is 16.8 Å². The number of hydrogen-bond donors (Lipinski definition) is 2. The number of nitrogens with zero attached hydrogens (tertiary/aromatic N) is 1. The topological polar surface area (TPSA) is 114 Å². The maximum Gasteiger partial charge on any atom is 0.263 e. The fourth-order valence-corrected chi connectivity index (χ4v) is 6.16. The lowest BCUT2D eigenvalue weighted by Gasteiger charge is -2.11. The monoisotopic (exact) mass is 535 g/mol. The highest BCUT2D eigenvalue weighted by Crippen LogP contribution is 2.33. The summed E-state index contributed by atoms with van der Waals surface area (Å²) in [4.78, 5) is 4.46. The molecular weight excluding hydrogens is 518 g/mol. The van der Waals surface area contributed by atoms with E-state index in [4.69, 9.17) is 16.3 Å². The number of halogens is 1. The number of para-hydroxylation sites is 1. The predicted octanol–water partition coefficient (Wildman–Crippen LogP) is 5.07. The number of sulfonamides is 2. The number of benzene rings is 3. The van der Waals surface area contributed by atoms with Gasteiger partial charge in [-0.3, -0.25) is 9.44 Å². The molecule has 2 N–H and O–H groups in total. The van der Waals surface area contributed by atoms with Crippen molar-refractivity contribution >= 4 is 53.8 Å². The van der Waals surface area contributed by atoms with Crippen molar-refractivity contribution in [3.8, 4) is 17.0 Å². The summed E-state index contributed by atoms with van der Waals surface area (Å²) in [6, 6.07) is 18.4. The molecule has 0 aliphatic heterocycles. The first-order valence-corrected chi connectivity index (χ1v) is 13.9. The molecular formula is C22H18ClN3O5S3. The predicted molar refractivity (Wildman–Crippen MR) is 134 cm³/mol. The highest BCUT2D eigenvalue weighted by molar-refractivity contribution is 7.93. The average molecular weight is 536 g/mol. The average Bonchev–Trinajstić information content (AvgIpc) is 3.27. The first kappa shape index (κ1) is 24.0. The van der Waals surface area contributed by atoms with Crippen LogP contribution >= 0.6 is 22.9 Å². The third kappa shape index (κ3) is 5.33. The molecule has 0 spiro atoms. The van der Waals surface area contributed by atoms with E-state index in [0.717, 1.165) is 11.3 Å². The van der Waals surface area contributed by atoms with Crippen LogP contribution in [-0.4, -0.2) is 28.9 Å². The minimum Gasteiger partial charge on any atom is -0.497 e. The lowest BCUT2D eigenvalue weighted by Crippen LogP contribution is -2.13. The molecule has 12 heteroatoms. The molecule has 0 bridgehead atoms. The quantitative estimate of drug-likeness (QED) is 0.325. The Kier molecular flexibility index (Phi) is 6.80. The maximum atomic E-state index is 12.8. The molecule has 0 aliphatic carbocycles. The Labute approximate surface area is 206 Å². The summed E-state index contributed by atoms with van der Waals surface area (Å²) in [6.45, 7) is 0. The fraction of sp³-hybridized carbons (Fsp3) is 0.0455. The molecule has 1 aromatic heterocycles. The molecule has 0 amide bonds. The molecule has 0 unspecified atom stereocenters. The van der Waals surface area contributed by atoms with E-state index in [1.807, 2.05) is 0 Å². The number of rotatable bonds is 8. The summed E-state index contributed by atoms with van der Waals surface area (Å²) >= 11 is 6.93. The molecule has 1 heterocycles. The minimum absolute atomic E-state index is 0.0536. The van der Waals surface area contributed by atoms with Crippen LogP contribution in [0.25, 0.3) is 11.3 Å². The van der Waals surface area contributed by atoms with Crippen LogP contribution in [-0.2, 0) is 20.0 Å². The van der Waals surface area contributed by atoms with Crippen LogP contribution in [0, 0.1) is 0 Å². The van der Waals surface area contributed by atoms with Gasteiger partial charge in [-0.2, -0.15) is 0 Å². The molecule has 3 aromatic carbocycles. The van der Waals surface area contributed by atoms with E-state index in [1.165, 1.54) is 43.5 Å². The molecule has 0 saturated carbocycles. The van der Waals surface area contributed by atoms with Gasteiger partial charge in [0.15, 0.2) is 5.13 Å². The van der Waals surface area contributed by atoms with Gasteiger partial charge in [-0.25, -0.2) is 21.8 Å². The van der Waals surface area contributed by atoms with Gasteiger partial charge < -0.3 is 4.74 Å². The van der Waals surface area contributed by atoms with Crippen molar-refractivity contribution in [1.82, 2.24) is 4.98 Å². The van der Waals surface area contributed by atoms with E-state index < -0.39 is 20.0 Å². The number of anilines is 2. The molecule has 8 nitrogen and oxygen atoms in total. The van der Waals surface area contributed by atoms with E-state index in [2.05, 4.69) is 14.4 Å². The summed E-state index contributed by atoms with van der Waals surface area (Å²) in [5.74, 6) is 0.535. The van der Waals surface area contributed by atoms with Crippen LogP contribution in [0.4, 0.5) is 10.8 Å². The first-order valence-electron chi connectivity index (χ1n) is 9.68. The van der Waals surface area contributed by atoms with E-state index in [1.54, 1.807) is 41.8 Å². The van der Waals surface area contributed by atoms with Crippen LogP contribution in [0.2, 0.25) is 5.02 Å². The lowest BCUT2D eigenvalue weighted by molar-refractivity contribution is 0.414. The van der Waals surface area contributed by atoms with E-state index >= 15 is 0 Å². The van der Waals surface area contributed by atoms with Gasteiger partial charge in [0.2, 0.25) is 0 Å². The normalized spacial score (nSPS) is 11.7. The van der Waals surface area contributed by atoms with Crippen LogP contribution < -0.4 is 14.2 Å². The van der Waals surface area contributed by atoms with Gasteiger partial charge in [0.05, 0.1) is 28.3 Å². The fourth-order valence-electron chi connectivity index (χ4n) is 2.99. The molecule has 34 heavy (non-hydrogen) atoms. The smallest absolute Gasteiger partial charge is 0.263 e. The van der Waals surface area contributed by atoms with Gasteiger partial charge >= 0.3 is 0 Å². The van der Waals surface area contributed by atoms with Crippen molar-refractivity contribution in [1.29, 1.82) is 0 Å². The standard InChI is InChI=1S/C22H18ClN3O5S3/c1-31-16-8-12-18(13-9-16)34(29,30)26-22-24-21(14-32-22)19-4-2-3-5-20(19)25-33(27,28)17-10-6-15(23)7-11-17/h2-14,25H,1H3,(H,24,26). The Morgan fingerprint density at radius 2 is 1.41 bits per heavy atom. The van der Waals surface area contributed by atoms with Crippen molar-refractivity contribution in [2.24, 2.45) is 0 Å². The van der Waals surface area contributed by atoms with Crippen LogP contribution in [0.5, 0.6) is 5.75 Å². The molecule has 4 rings (SSSR count). The molecule has 0 aliphatic rings. The first-order chi connectivity index (χ1) is 16.2. The van der Waals surface area contributed by atoms with Crippen molar-refractivity contribution in [3.63, 3.8) is 0 Å². The largest absolute Gasteiger partial charge is 0.497 e. The van der Waals surface area contributed by atoms with Crippen LogP contribution in [0.3, 0.4) is 0 Å². The molecule has 176 valence electrons. The van der Waals surface area contributed by atoms with Crippen molar-refractivity contribution in [2.75, 3.05) is 16.6 Å². The second kappa shape index (κ2) is 9.63. The molecule has 0 radical (unpaired) electrons. The van der Waals surface area contributed by atoms with E-state index in [-0.39, 0.29) is 14.9 Å². The Hall–Kier alpha value is -3.12. The molecule has 0 atom stereocenters. The maximum absolute atomic E-state index is 12.8. The number of ether oxygens (including phenoxy) is 1. The summed E-state index contributed by atoms with van der Waals surface area (Å²) in [5, 5.41) is 2.20. The zero-order valence-corrected chi connectivity index (χ0v) is 20.8. The lowest BCUT2D eigenvalue weighted by atomic mass is 10.1. The Bertz CT molecular complexity index is 1520. The number of aromatic nitrogens is 1. The second-order valence-corrected chi connectivity index (χ2v) is 11.6. The number of methoxy groups -OCH3 is 1. The van der Waals surface area contributed by atoms with Crippen molar-refractivity contribution in [3.05, 3.63) is 83.2 Å². The third-order valence-corrected chi connectivity index (χ3v) is 8.54. The zero-order valence-electron chi connectivity index (χ0n) is 17.6. The zero-order chi connectivity index (χ0) is 24.3. The number of nitrogens with one attached hydrogen (secondary N) is 2. The van der Waals surface area contributed by atoms with Crippen molar-refractivity contribution < 1.29 is 21.6 Å². The highest BCUT2D eigenvalue weighted by atomic mass is 35.5. The van der Waals surface area contributed by atoms with Crippen LogP contribution in [0.15, 0.2) is 88.0 Å². The Morgan fingerprint density at radius 1 is 0.824 bits per heavy atom. The summed E-state index contributed by atoms with van der Waals surface area (Å²) in [6.07, 6.45) is 0. The van der Waals surface area contributed by atoms with Crippen LogP contribution in [0.1, 0.15) is 0 Å². The van der Waals surface area contributed by atoms with Gasteiger partial charge in [0, 0.05) is 16.0 Å².